The number of ether oxygens (including phenoxy) is 1. The van der Waals surface area contributed by atoms with Crippen molar-refractivity contribution in [1.29, 1.82) is 0 Å². The fourth-order valence-electron chi connectivity index (χ4n) is 3.24. The van der Waals surface area contributed by atoms with Crippen LogP contribution in [0.1, 0.15) is 64.1 Å². The molecule has 0 aromatic carbocycles. The van der Waals surface area contributed by atoms with E-state index in [0.29, 0.717) is 23.2 Å². The third-order valence-corrected chi connectivity index (χ3v) is 5.25. The molecule has 0 atom stereocenters. The Balaban J connectivity index is 2.15. The third kappa shape index (κ3) is 5.39. The summed E-state index contributed by atoms with van der Waals surface area (Å²) < 4.78 is 33.0. The Hall–Kier alpha value is -1.72. The smallest absolute Gasteiger partial charge is 0.269 e. The molecule has 1 heterocycles. The maximum Gasteiger partial charge on any atom is 0.269 e. The third-order valence-electron chi connectivity index (χ3n) is 5.25. The van der Waals surface area contributed by atoms with Crippen LogP contribution in [0.5, 0.6) is 5.88 Å². The first-order chi connectivity index (χ1) is 12.3. The van der Waals surface area contributed by atoms with Crippen molar-refractivity contribution in [3.63, 3.8) is 0 Å². The fourth-order valence-corrected chi connectivity index (χ4v) is 3.24. The molecule has 1 aliphatic rings. The van der Waals surface area contributed by atoms with Gasteiger partial charge < -0.3 is 9.64 Å². The van der Waals surface area contributed by atoms with Crippen LogP contribution >= 0.6 is 0 Å². The minimum atomic E-state index is -2.64. The van der Waals surface area contributed by atoms with Crippen LogP contribution in [0.3, 0.4) is 0 Å². The number of rotatable bonds is 7. The summed E-state index contributed by atoms with van der Waals surface area (Å²) in [6, 6.07) is 1.40. The highest BCUT2D eigenvalue weighted by Crippen LogP contribution is 2.36. The van der Waals surface area contributed by atoms with Crippen molar-refractivity contribution in [3.05, 3.63) is 17.3 Å². The zero-order chi connectivity index (χ0) is 19.3. The molecule has 1 aromatic rings. The molecule has 0 unspecified atom stereocenters. The Bertz CT molecular complexity index is 611. The van der Waals surface area contributed by atoms with Crippen LogP contribution in [0.4, 0.5) is 14.5 Å². The molecule has 0 saturated heterocycles. The van der Waals surface area contributed by atoms with Gasteiger partial charge in [0.05, 0.1) is 23.3 Å². The maximum absolute atomic E-state index is 13.5. The van der Waals surface area contributed by atoms with E-state index in [1.54, 1.807) is 13.3 Å². The largest absolute Gasteiger partial charge is 0.474 e. The second kappa shape index (κ2) is 9.28. The standard InChI is InChI=1S/C20H31F2N3O/c1-6-25(5)12-23-18-11-17(19(21)22)20(24-14(18)4)26-16-9-7-15(8-10-16)13(2)3/h11-13,15-16,19H,6-10H2,1-5H3/b23-12+/t15-,16-. The Morgan fingerprint density at radius 3 is 2.50 bits per heavy atom. The van der Waals surface area contributed by atoms with Crippen LogP contribution in [0.25, 0.3) is 0 Å². The SMILES string of the molecule is CCN(C)/C=N/c1cc(C(F)F)c(O[C@H]2CC[C@H](C(C)C)CC2)nc1C. The van der Waals surface area contributed by atoms with E-state index in [0.717, 1.165) is 32.2 Å². The highest BCUT2D eigenvalue weighted by molar-refractivity contribution is 5.63. The van der Waals surface area contributed by atoms with Gasteiger partial charge in [-0.2, -0.15) is 0 Å². The number of aliphatic imine (C=N–C) groups is 1. The molecule has 2 rings (SSSR count). The number of pyridine rings is 1. The quantitative estimate of drug-likeness (QED) is 0.469. The van der Waals surface area contributed by atoms with Crippen molar-refractivity contribution in [3.8, 4) is 5.88 Å². The van der Waals surface area contributed by atoms with Gasteiger partial charge in [-0.25, -0.2) is 18.8 Å². The molecule has 0 N–H and O–H groups in total. The minimum Gasteiger partial charge on any atom is -0.474 e. The van der Waals surface area contributed by atoms with Crippen molar-refractivity contribution in [1.82, 2.24) is 9.88 Å². The van der Waals surface area contributed by atoms with Crippen LogP contribution in [0.15, 0.2) is 11.1 Å². The van der Waals surface area contributed by atoms with E-state index in [9.17, 15) is 8.78 Å². The van der Waals surface area contributed by atoms with E-state index in [-0.39, 0.29) is 17.5 Å². The topological polar surface area (TPSA) is 37.7 Å². The van der Waals surface area contributed by atoms with Crippen LogP contribution in [-0.4, -0.2) is 35.9 Å². The summed E-state index contributed by atoms with van der Waals surface area (Å²) in [5, 5.41) is 0. The molecular weight excluding hydrogens is 336 g/mol. The van der Waals surface area contributed by atoms with Crippen molar-refractivity contribution in [2.45, 2.75) is 65.9 Å². The lowest BCUT2D eigenvalue weighted by molar-refractivity contribution is 0.0990. The second-order valence-electron chi connectivity index (χ2n) is 7.50. The van der Waals surface area contributed by atoms with Crippen molar-refractivity contribution < 1.29 is 13.5 Å². The molecule has 0 spiro atoms. The fraction of sp³-hybridized carbons (Fsp3) is 0.700. The zero-order valence-electron chi connectivity index (χ0n) is 16.5. The van der Waals surface area contributed by atoms with Crippen molar-refractivity contribution in [2.75, 3.05) is 13.6 Å². The molecule has 0 amide bonds. The van der Waals surface area contributed by atoms with Gasteiger partial charge in [-0.3, -0.25) is 0 Å². The normalized spacial score (nSPS) is 21.0. The Morgan fingerprint density at radius 1 is 1.31 bits per heavy atom. The molecular formula is C20H31F2N3O. The number of hydrogen-bond donors (Lipinski definition) is 0. The lowest BCUT2D eigenvalue weighted by Gasteiger charge is -2.31. The highest BCUT2D eigenvalue weighted by atomic mass is 19.3. The average Bonchev–Trinajstić information content (AvgIpc) is 2.60. The predicted octanol–water partition coefficient (Wildman–Crippen LogP) is 5.53. The van der Waals surface area contributed by atoms with E-state index in [2.05, 4.69) is 23.8 Å². The number of nitrogens with zero attached hydrogens (tertiary/aromatic N) is 3. The molecule has 1 aliphatic carbocycles. The van der Waals surface area contributed by atoms with Crippen molar-refractivity contribution in [2.24, 2.45) is 16.8 Å². The van der Waals surface area contributed by atoms with Gasteiger partial charge in [-0.05, 0) is 57.4 Å². The molecule has 146 valence electrons. The van der Waals surface area contributed by atoms with E-state index in [4.69, 9.17) is 4.74 Å². The van der Waals surface area contributed by atoms with Gasteiger partial charge in [0.1, 0.15) is 6.10 Å². The van der Waals surface area contributed by atoms with E-state index in [1.165, 1.54) is 6.07 Å². The molecule has 6 heteroatoms. The first kappa shape index (κ1) is 20.6. The summed E-state index contributed by atoms with van der Waals surface area (Å²) in [6.45, 7) is 9.03. The molecule has 26 heavy (non-hydrogen) atoms. The number of halogens is 2. The van der Waals surface area contributed by atoms with Gasteiger partial charge in [0, 0.05) is 13.6 Å². The molecule has 0 bridgehead atoms. The summed E-state index contributed by atoms with van der Waals surface area (Å²) in [6.07, 6.45) is 2.92. The van der Waals surface area contributed by atoms with Gasteiger partial charge in [0.15, 0.2) is 0 Å². The average molecular weight is 367 g/mol. The zero-order valence-corrected chi connectivity index (χ0v) is 16.5. The lowest BCUT2D eigenvalue weighted by Crippen LogP contribution is -2.27. The first-order valence-electron chi connectivity index (χ1n) is 9.52. The second-order valence-corrected chi connectivity index (χ2v) is 7.50. The highest BCUT2D eigenvalue weighted by Gasteiger charge is 2.27. The number of aryl methyl sites for hydroxylation is 1. The molecule has 1 aromatic heterocycles. The van der Waals surface area contributed by atoms with Crippen LogP contribution in [-0.2, 0) is 0 Å². The summed E-state index contributed by atoms with van der Waals surface area (Å²) in [5.74, 6) is 1.42. The van der Waals surface area contributed by atoms with E-state index >= 15 is 0 Å². The number of hydrogen-bond acceptors (Lipinski definition) is 3. The molecule has 0 radical (unpaired) electrons. The van der Waals surface area contributed by atoms with Crippen molar-refractivity contribution >= 4 is 12.0 Å². The molecule has 0 aliphatic heterocycles. The van der Waals surface area contributed by atoms with E-state index < -0.39 is 6.43 Å². The minimum absolute atomic E-state index is 0.0324. The van der Waals surface area contributed by atoms with E-state index in [1.807, 2.05) is 18.9 Å². The van der Waals surface area contributed by atoms with Gasteiger partial charge >= 0.3 is 0 Å². The Morgan fingerprint density at radius 2 is 1.96 bits per heavy atom. The molecule has 4 nitrogen and oxygen atoms in total. The summed E-state index contributed by atoms with van der Waals surface area (Å²) in [5.41, 5.74) is 0.880. The van der Waals surface area contributed by atoms with Crippen LogP contribution < -0.4 is 4.74 Å². The Labute approximate surface area is 155 Å². The number of aromatic nitrogens is 1. The summed E-state index contributed by atoms with van der Waals surface area (Å²) >= 11 is 0. The van der Waals surface area contributed by atoms with Crippen LogP contribution in [0.2, 0.25) is 0 Å². The molecule has 1 saturated carbocycles. The molecule has 1 fully saturated rings. The van der Waals surface area contributed by atoms with Gasteiger partial charge in [0.2, 0.25) is 5.88 Å². The summed E-state index contributed by atoms with van der Waals surface area (Å²) in [7, 11) is 1.88. The van der Waals surface area contributed by atoms with Gasteiger partial charge in [-0.15, -0.1) is 0 Å². The summed E-state index contributed by atoms with van der Waals surface area (Å²) in [4.78, 5) is 10.5. The number of alkyl halides is 2. The maximum atomic E-state index is 13.5. The lowest BCUT2D eigenvalue weighted by atomic mass is 9.80. The monoisotopic (exact) mass is 367 g/mol. The van der Waals surface area contributed by atoms with Gasteiger partial charge in [-0.1, -0.05) is 13.8 Å². The van der Waals surface area contributed by atoms with Crippen LogP contribution in [0, 0.1) is 18.8 Å². The predicted molar refractivity (Wildman–Crippen MR) is 102 cm³/mol. The van der Waals surface area contributed by atoms with Gasteiger partial charge in [0.25, 0.3) is 6.43 Å². The Kier molecular flexibility index (Phi) is 7.35. The first-order valence-corrected chi connectivity index (χ1v) is 9.52.